The van der Waals surface area contributed by atoms with E-state index in [9.17, 15) is 18.0 Å². The van der Waals surface area contributed by atoms with Crippen LogP contribution < -0.4 is 0 Å². The maximum Gasteiger partial charge on any atom is 0.416 e. The van der Waals surface area contributed by atoms with E-state index in [-0.39, 0.29) is 30.4 Å². The van der Waals surface area contributed by atoms with Crippen molar-refractivity contribution in [1.29, 1.82) is 0 Å². The lowest BCUT2D eigenvalue weighted by Gasteiger charge is -2.32. The van der Waals surface area contributed by atoms with E-state index >= 15 is 0 Å². The van der Waals surface area contributed by atoms with Crippen LogP contribution in [0.15, 0.2) is 24.3 Å². The summed E-state index contributed by atoms with van der Waals surface area (Å²) in [6.07, 6.45) is -3.09. The average molecular weight is 301 g/mol. The van der Waals surface area contributed by atoms with Crippen molar-refractivity contribution in [2.24, 2.45) is 5.92 Å². The van der Waals surface area contributed by atoms with Crippen LogP contribution in [0, 0.1) is 5.92 Å². The van der Waals surface area contributed by atoms with Crippen LogP contribution in [-0.4, -0.2) is 35.6 Å². The van der Waals surface area contributed by atoms with Gasteiger partial charge < -0.3 is 10.0 Å². The first-order chi connectivity index (χ1) is 9.91. The Kier molecular flexibility index (Phi) is 4.88. The van der Waals surface area contributed by atoms with E-state index in [1.807, 2.05) is 0 Å². The molecule has 1 aromatic carbocycles. The third-order valence-electron chi connectivity index (χ3n) is 3.79. The van der Waals surface area contributed by atoms with Crippen LogP contribution in [0.2, 0.25) is 0 Å². The number of halogens is 3. The summed E-state index contributed by atoms with van der Waals surface area (Å²) in [7, 11) is 0. The predicted molar refractivity (Wildman–Crippen MR) is 71.5 cm³/mol. The second kappa shape index (κ2) is 6.47. The molecule has 3 nitrogen and oxygen atoms in total. The van der Waals surface area contributed by atoms with E-state index in [1.54, 1.807) is 4.90 Å². The fraction of sp³-hybridized carbons (Fsp3) is 0.533. The van der Waals surface area contributed by atoms with Gasteiger partial charge in [0.05, 0.1) is 12.0 Å². The van der Waals surface area contributed by atoms with Crippen molar-refractivity contribution in [3.63, 3.8) is 0 Å². The second-order valence-electron chi connectivity index (χ2n) is 5.36. The fourth-order valence-corrected chi connectivity index (χ4v) is 2.67. The van der Waals surface area contributed by atoms with Crippen molar-refractivity contribution < 1.29 is 23.1 Å². The first kappa shape index (κ1) is 15.8. The molecule has 0 radical (unpaired) electrons. The second-order valence-corrected chi connectivity index (χ2v) is 5.36. The number of benzene rings is 1. The smallest absolute Gasteiger partial charge is 0.396 e. The molecule has 1 saturated heterocycles. The molecule has 1 fully saturated rings. The lowest BCUT2D eigenvalue weighted by Crippen LogP contribution is -2.41. The number of aliphatic hydroxyl groups excluding tert-OH is 1. The van der Waals surface area contributed by atoms with Crippen molar-refractivity contribution >= 4 is 5.91 Å². The highest BCUT2D eigenvalue weighted by atomic mass is 19.4. The molecule has 0 spiro atoms. The van der Waals surface area contributed by atoms with Crippen molar-refractivity contribution in [1.82, 2.24) is 4.90 Å². The summed E-state index contributed by atoms with van der Waals surface area (Å²) in [5, 5.41) is 9.14. The molecule has 0 aliphatic carbocycles. The molecule has 0 saturated carbocycles. The number of amides is 1. The Bertz CT molecular complexity index is 502. The molecule has 6 heteroatoms. The minimum atomic E-state index is -4.45. The highest BCUT2D eigenvalue weighted by Crippen LogP contribution is 2.32. The monoisotopic (exact) mass is 301 g/mol. The molecule has 21 heavy (non-hydrogen) atoms. The molecule has 1 unspecified atom stereocenters. The standard InChI is InChI=1S/C15H18F3NO2/c16-15(17,18)13-6-2-1-5-12(13)8-14(21)19-7-3-4-11(9-19)10-20/h1-2,5-6,11,20H,3-4,7-10H2. The van der Waals surface area contributed by atoms with Gasteiger partial charge in [0.25, 0.3) is 0 Å². The number of carbonyl (C=O) groups excluding carboxylic acids is 1. The van der Waals surface area contributed by atoms with Crippen molar-refractivity contribution in [2.75, 3.05) is 19.7 Å². The molecular formula is C15H18F3NO2. The molecule has 1 amide bonds. The lowest BCUT2D eigenvalue weighted by molar-refractivity contribution is -0.139. The third kappa shape index (κ3) is 3.97. The van der Waals surface area contributed by atoms with E-state index in [4.69, 9.17) is 5.11 Å². The summed E-state index contributed by atoms with van der Waals surface area (Å²) in [6.45, 7) is 0.968. The van der Waals surface area contributed by atoms with Crippen LogP contribution in [0.3, 0.4) is 0 Å². The van der Waals surface area contributed by atoms with Gasteiger partial charge in [0, 0.05) is 19.7 Å². The number of hydrogen-bond acceptors (Lipinski definition) is 2. The average Bonchev–Trinajstić information content (AvgIpc) is 2.46. The summed E-state index contributed by atoms with van der Waals surface area (Å²) < 4.78 is 38.7. The van der Waals surface area contributed by atoms with Crippen LogP contribution in [0.4, 0.5) is 13.2 Å². The van der Waals surface area contributed by atoms with E-state index in [2.05, 4.69) is 0 Å². The molecule has 1 N–H and O–H groups in total. The first-order valence-electron chi connectivity index (χ1n) is 6.95. The number of rotatable bonds is 3. The lowest BCUT2D eigenvalue weighted by atomic mass is 9.97. The first-order valence-corrected chi connectivity index (χ1v) is 6.95. The molecule has 2 rings (SSSR count). The third-order valence-corrected chi connectivity index (χ3v) is 3.79. The summed E-state index contributed by atoms with van der Waals surface area (Å²) in [6, 6.07) is 5.16. The van der Waals surface area contributed by atoms with Gasteiger partial charge in [-0.05, 0) is 30.4 Å². The zero-order valence-electron chi connectivity index (χ0n) is 11.6. The van der Waals surface area contributed by atoms with E-state index < -0.39 is 11.7 Å². The predicted octanol–water partition coefficient (Wildman–Crippen LogP) is 2.48. The Morgan fingerprint density at radius 3 is 2.71 bits per heavy atom. The topological polar surface area (TPSA) is 40.5 Å². The van der Waals surface area contributed by atoms with Gasteiger partial charge in [-0.15, -0.1) is 0 Å². The van der Waals surface area contributed by atoms with Crippen LogP contribution in [0.5, 0.6) is 0 Å². The Morgan fingerprint density at radius 2 is 2.05 bits per heavy atom. The molecule has 0 aromatic heterocycles. The molecule has 0 bridgehead atoms. The number of likely N-dealkylation sites (tertiary alicyclic amines) is 1. The number of alkyl halides is 3. The van der Waals surface area contributed by atoms with E-state index in [0.717, 1.165) is 18.9 Å². The van der Waals surface area contributed by atoms with Gasteiger partial charge in [-0.25, -0.2) is 0 Å². The highest BCUT2D eigenvalue weighted by Gasteiger charge is 2.34. The molecule has 1 aromatic rings. The van der Waals surface area contributed by atoms with Gasteiger partial charge in [-0.1, -0.05) is 18.2 Å². The SMILES string of the molecule is O=C(Cc1ccccc1C(F)(F)F)N1CCCC(CO)C1. The Hall–Kier alpha value is -1.56. The fourth-order valence-electron chi connectivity index (χ4n) is 2.67. The van der Waals surface area contributed by atoms with E-state index in [1.165, 1.54) is 18.2 Å². The molecular weight excluding hydrogens is 283 g/mol. The van der Waals surface area contributed by atoms with Gasteiger partial charge in [-0.2, -0.15) is 13.2 Å². The molecule has 1 aliphatic rings. The maximum atomic E-state index is 12.9. The summed E-state index contributed by atoms with van der Waals surface area (Å²) in [5.74, 6) is -0.287. The number of aliphatic hydroxyl groups is 1. The molecule has 1 atom stereocenters. The quantitative estimate of drug-likeness (QED) is 0.932. The van der Waals surface area contributed by atoms with E-state index in [0.29, 0.717) is 13.1 Å². The van der Waals surface area contributed by atoms with Gasteiger partial charge in [0.2, 0.25) is 5.91 Å². The van der Waals surface area contributed by atoms with Gasteiger partial charge in [0.1, 0.15) is 0 Å². The van der Waals surface area contributed by atoms with Gasteiger partial charge in [-0.3, -0.25) is 4.79 Å². The summed E-state index contributed by atoms with van der Waals surface area (Å²) in [4.78, 5) is 13.7. The van der Waals surface area contributed by atoms with Gasteiger partial charge >= 0.3 is 6.18 Å². The highest BCUT2D eigenvalue weighted by molar-refractivity contribution is 5.79. The maximum absolute atomic E-state index is 12.9. The number of nitrogens with zero attached hydrogens (tertiary/aromatic N) is 1. The summed E-state index contributed by atoms with van der Waals surface area (Å²) in [5.41, 5.74) is -0.754. The largest absolute Gasteiger partial charge is 0.416 e. The number of carbonyl (C=O) groups is 1. The Morgan fingerprint density at radius 1 is 1.33 bits per heavy atom. The van der Waals surface area contributed by atoms with Crippen LogP contribution in [0.25, 0.3) is 0 Å². The zero-order valence-corrected chi connectivity index (χ0v) is 11.6. The molecule has 116 valence electrons. The number of hydrogen-bond donors (Lipinski definition) is 1. The number of piperidine rings is 1. The summed E-state index contributed by atoms with van der Waals surface area (Å²) >= 11 is 0. The van der Waals surface area contributed by atoms with Crippen LogP contribution in [-0.2, 0) is 17.4 Å². The van der Waals surface area contributed by atoms with Crippen molar-refractivity contribution in [3.05, 3.63) is 35.4 Å². The minimum Gasteiger partial charge on any atom is -0.396 e. The Balaban J connectivity index is 2.10. The molecule has 1 heterocycles. The van der Waals surface area contributed by atoms with Crippen molar-refractivity contribution in [3.8, 4) is 0 Å². The Labute approximate surface area is 121 Å². The van der Waals surface area contributed by atoms with Crippen LogP contribution in [0.1, 0.15) is 24.0 Å². The van der Waals surface area contributed by atoms with Crippen LogP contribution >= 0.6 is 0 Å². The van der Waals surface area contributed by atoms with Crippen molar-refractivity contribution in [2.45, 2.75) is 25.4 Å². The zero-order chi connectivity index (χ0) is 15.5. The van der Waals surface area contributed by atoms with Gasteiger partial charge in [0.15, 0.2) is 0 Å². The minimum absolute atomic E-state index is 0.00104. The molecule has 1 aliphatic heterocycles. The normalized spacial score (nSPS) is 19.6.